The van der Waals surface area contributed by atoms with E-state index in [0.29, 0.717) is 12.1 Å². The minimum Gasteiger partial charge on any atom is -0.465 e. The molecule has 134 valence electrons. The first-order chi connectivity index (χ1) is 12.6. The Bertz CT molecular complexity index is 830. The smallest absolute Gasteiger partial charge is 0.338 e. The van der Waals surface area contributed by atoms with Crippen LogP contribution in [0.2, 0.25) is 0 Å². The second-order valence-electron chi connectivity index (χ2n) is 6.04. The molecule has 0 atom stereocenters. The number of methoxy groups -OCH3 is 1. The van der Waals surface area contributed by atoms with Gasteiger partial charge in [0.25, 0.3) is 5.91 Å². The lowest BCUT2D eigenvalue weighted by Crippen LogP contribution is -2.35. The monoisotopic (exact) mass is 352 g/mol. The summed E-state index contributed by atoms with van der Waals surface area (Å²) < 4.78 is 4.71. The molecule has 1 N–H and O–H groups in total. The van der Waals surface area contributed by atoms with E-state index in [0.717, 1.165) is 25.1 Å². The molecule has 1 aliphatic rings. The van der Waals surface area contributed by atoms with Gasteiger partial charge in [-0.3, -0.25) is 9.59 Å². The zero-order valence-corrected chi connectivity index (χ0v) is 14.5. The predicted molar refractivity (Wildman–Crippen MR) is 98.4 cm³/mol. The molecular formula is C20H20N2O4. The quantitative estimate of drug-likeness (QED) is 0.857. The summed E-state index contributed by atoms with van der Waals surface area (Å²) in [6.07, 6.45) is 2.50. The maximum Gasteiger partial charge on any atom is 0.338 e. The van der Waals surface area contributed by atoms with E-state index in [2.05, 4.69) is 5.32 Å². The van der Waals surface area contributed by atoms with Gasteiger partial charge in [0.05, 0.1) is 18.2 Å². The summed E-state index contributed by atoms with van der Waals surface area (Å²) >= 11 is 0. The second-order valence-corrected chi connectivity index (χ2v) is 6.04. The van der Waals surface area contributed by atoms with Gasteiger partial charge in [-0.25, -0.2) is 4.79 Å². The largest absolute Gasteiger partial charge is 0.465 e. The Labute approximate surface area is 151 Å². The van der Waals surface area contributed by atoms with Crippen LogP contribution in [0.15, 0.2) is 48.5 Å². The molecular weight excluding hydrogens is 332 g/mol. The van der Waals surface area contributed by atoms with Gasteiger partial charge in [0.1, 0.15) is 0 Å². The van der Waals surface area contributed by atoms with E-state index in [1.165, 1.54) is 7.11 Å². The number of nitrogens with zero attached hydrogens (tertiary/aromatic N) is 1. The standard InChI is InChI=1S/C20H20N2O4/c1-26-20(25)17-7-3-2-6-16(17)19(24)21-14-9-11-15(12-10-14)22-13-5-4-8-18(22)23/h2-3,6-7,9-12H,4-5,8,13H2,1H3,(H,21,24). The van der Waals surface area contributed by atoms with E-state index in [-0.39, 0.29) is 17.0 Å². The van der Waals surface area contributed by atoms with E-state index in [4.69, 9.17) is 4.74 Å². The fourth-order valence-corrected chi connectivity index (χ4v) is 2.97. The first-order valence-corrected chi connectivity index (χ1v) is 8.49. The highest BCUT2D eigenvalue weighted by atomic mass is 16.5. The maximum absolute atomic E-state index is 12.5. The second kappa shape index (κ2) is 7.82. The molecule has 0 spiro atoms. The number of hydrogen-bond acceptors (Lipinski definition) is 4. The Hall–Kier alpha value is -3.15. The molecule has 2 aromatic carbocycles. The summed E-state index contributed by atoms with van der Waals surface area (Å²) in [6, 6.07) is 13.6. The summed E-state index contributed by atoms with van der Waals surface area (Å²) in [7, 11) is 1.28. The summed E-state index contributed by atoms with van der Waals surface area (Å²) in [5.74, 6) is -0.831. The van der Waals surface area contributed by atoms with Gasteiger partial charge in [0.2, 0.25) is 5.91 Å². The number of ether oxygens (including phenoxy) is 1. The van der Waals surface area contributed by atoms with Crippen LogP contribution in [0.5, 0.6) is 0 Å². The zero-order chi connectivity index (χ0) is 18.5. The zero-order valence-electron chi connectivity index (χ0n) is 14.5. The molecule has 0 radical (unpaired) electrons. The van der Waals surface area contributed by atoms with Crippen molar-refractivity contribution in [2.24, 2.45) is 0 Å². The van der Waals surface area contributed by atoms with Crippen LogP contribution in [-0.2, 0) is 9.53 Å². The highest BCUT2D eigenvalue weighted by Gasteiger charge is 2.20. The van der Waals surface area contributed by atoms with Crippen LogP contribution in [0, 0.1) is 0 Å². The highest BCUT2D eigenvalue weighted by molar-refractivity contribution is 6.11. The molecule has 2 amide bonds. The number of hydrogen-bond donors (Lipinski definition) is 1. The molecule has 6 nitrogen and oxygen atoms in total. The predicted octanol–water partition coefficient (Wildman–Crippen LogP) is 3.24. The Morgan fingerprint density at radius 1 is 1.00 bits per heavy atom. The number of carbonyl (C=O) groups is 3. The van der Waals surface area contributed by atoms with Gasteiger partial charge < -0.3 is 15.0 Å². The normalized spacial score (nSPS) is 14.0. The van der Waals surface area contributed by atoms with Crippen LogP contribution < -0.4 is 10.2 Å². The van der Waals surface area contributed by atoms with Crippen LogP contribution in [0.4, 0.5) is 11.4 Å². The molecule has 0 bridgehead atoms. The lowest BCUT2D eigenvalue weighted by Gasteiger charge is -2.26. The third-order valence-corrected chi connectivity index (χ3v) is 4.34. The van der Waals surface area contributed by atoms with Gasteiger partial charge in [-0.1, -0.05) is 12.1 Å². The van der Waals surface area contributed by atoms with Crippen molar-refractivity contribution in [2.45, 2.75) is 19.3 Å². The molecule has 0 saturated carbocycles. The Balaban J connectivity index is 1.74. The van der Waals surface area contributed by atoms with Crippen LogP contribution in [0.1, 0.15) is 40.0 Å². The summed E-state index contributed by atoms with van der Waals surface area (Å²) in [5, 5.41) is 2.77. The maximum atomic E-state index is 12.5. The fraction of sp³-hybridized carbons (Fsp3) is 0.250. The number of nitrogens with one attached hydrogen (secondary N) is 1. The Morgan fingerprint density at radius 3 is 2.35 bits per heavy atom. The molecule has 1 heterocycles. The third kappa shape index (κ3) is 3.74. The number of rotatable bonds is 4. The van der Waals surface area contributed by atoms with Crippen molar-refractivity contribution in [3.63, 3.8) is 0 Å². The molecule has 3 rings (SSSR count). The van der Waals surface area contributed by atoms with Gasteiger partial charge in [0, 0.05) is 24.3 Å². The van der Waals surface area contributed by atoms with Crippen LogP contribution in [-0.4, -0.2) is 31.4 Å². The number of esters is 1. The minimum atomic E-state index is -0.560. The molecule has 1 aliphatic heterocycles. The Morgan fingerprint density at radius 2 is 1.69 bits per heavy atom. The first kappa shape index (κ1) is 17.7. The topological polar surface area (TPSA) is 75.7 Å². The van der Waals surface area contributed by atoms with Crippen molar-refractivity contribution in [1.82, 2.24) is 0 Å². The number of carbonyl (C=O) groups excluding carboxylic acids is 3. The van der Waals surface area contributed by atoms with E-state index in [9.17, 15) is 14.4 Å². The molecule has 26 heavy (non-hydrogen) atoms. The van der Waals surface area contributed by atoms with E-state index >= 15 is 0 Å². The number of amides is 2. The molecule has 6 heteroatoms. The molecule has 1 saturated heterocycles. The lowest BCUT2D eigenvalue weighted by atomic mass is 10.1. The fourth-order valence-electron chi connectivity index (χ4n) is 2.97. The van der Waals surface area contributed by atoms with Crippen molar-refractivity contribution in [2.75, 3.05) is 23.9 Å². The summed E-state index contributed by atoms with van der Waals surface area (Å²) in [4.78, 5) is 38.1. The lowest BCUT2D eigenvalue weighted by molar-refractivity contribution is -0.119. The number of anilines is 2. The van der Waals surface area contributed by atoms with Crippen molar-refractivity contribution in [3.05, 3.63) is 59.7 Å². The summed E-state index contributed by atoms with van der Waals surface area (Å²) in [5.41, 5.74) is 1.86. The van der Waals surface area contributed by atoms with E-state index in [1.54, 1.807) is 41.3 Å². The van der Waals surface area contributed by atoms with Crippen molar-refractivity contribution < 1.29 is 19.1 Å². The van der Waals surface area contributed by atoms with Gasteiger partial charge in [-0.15, -0.1) is 0 Å². The molecule has 1 fully saturated rings. The van der Waals surface area contributed by atoms with Gasteiger partial charge in [-0.2, -0.15) is 0 Å². The van der Waals surface area contributed by atoms with Crippen LogP contribution >= 0.6 is 0 Å². The molecule has 0 aliphatic carbocycles. The highest BCUT2D eigenvalue weighted by Crippen LogP contribution is 2.23. The van der Waals surface area contributed by atoms with Crippen molar-refractivity contribution in [1.29, 1.82) is 0 Å². The van der Waals surface area contributed by atoms with E-state index in [1.807, 2.05) is 12.1 Å². The van der Waals surface area contributed by atoms with Gasteiger partial charge in [0.15, 0.2) is 0 Å². The first-order valence-electron chi connectivity index (χ1n) is 8.49. The SMILES string of the molecule is COC(=O)c1ccccc1C(=O)Nc1ccc(N2CCCCC2=O)cc1. The van der Waals surface area contributed by atoms with Crippen LogP contribution in [0.25, 0.3) is 0 Å². The molecule has 0 unspecified atom stereocenters. The number of piperidine rings is 1. The average molecular weight is 352 g/mol. The number of benzene rings is 2. The summed E-state index contributed by atoms with van der Waals surface area (Å²) in [6.45, 7) is 0.719. The molecule has 0 aromatic heterocycles. The van der Waals surface area contributed by atoms with Crippen molar-refractivity contribution in [3.8, 4) is 0 Å². The van der Waals surface area contributed by atoms with Crippen LogP contribution in [0.3, 0.4) is 0 Å². The van der Waals surface area contributed by atoms with Gasteiger partial charge in [-0.05, 0) is 49.2 Å². The van der Waals surface area contributed by atoms with E-state index < -0.39 is 11.9 Å². The average Bonchev–Trinajstić information content (AvgIpc) is 2.68. The molecule has 2 aromatic rings. The van der Waals surface area contributed by atoms with Crippen molar-refractivity contribution >= 4 is 29.2 Å². The minimum absolute atomic E-state index is 0.125. The van der Waals surface area contributed by atoms with Gasteiger partial charge >= 0.3 is 5.97 Å². The Kier molecular flexibility index (Phi) is 5.31. The third-order valence-electron chi connectivity index (χ3n) is 4.34.